The number of carbonyl (C=O) groups is 1. The fraction of sp³-hybridized carbons (Fsp3) is 0.588. The van der Waals surface area contributed by atoms with Gasteiger partial charge in [0.05, 0.1) is 0 Å². The Kier molecular flexibility index (Phi) is 6.68. The summed E-state index contributed by atoms with van der Waals surface area (Å²) in [5.74, 6) is 0.910. The van der Waals surface area contributed by atoms with Gasteiger partial charge in [-0.15, -0.1) is 0 Å². The molecule has 122 valence electrons. The number of hydrogen-bond acceptors (Lipinski definition) is 4. The van der Waals surface area contributed by atoms with E-state index in [2.05, 4.69) is 24.2 Å². The van der Waals surface area contributed by atoms with E-state index in [1.807, 2.05) is 29.2 Å². The Morgan fingerprint density at radius 3 is 2.59 bits per heavy atom. The molecular weight excluding hydrogens is 278 g/mol. The highest BCUT2D eigenvalue weighted by molar-refractivity contribution is 5.94. The third kappa shape index (κ3) is 5.00. The first-order chi connectivity index (χ1) is 10.7. The number of nitrogens with one attached hydrogen (secondary N) is 1. The zero-order chi connectivity index (χ0) is 15.8. The second-order valence-electron chi connectivity index (χ2n) is 5.77. The van der Waals surface area contributed by atoms with Gasteiger partial charge in [-0.3, -0.25) is 9.69 Å². The predicted molar refractivity (Wildman–Crippen MR) is 88.2 cm³/mol. The molecule has 0 atom stereocenters. The summed E-state index contributed by atoms with van der Waals surface area (Å²) >= 11 is 0. The Bertz CT molecular complexity index is 455. The van der Waals surface area contributed by atoms with Gasteiger partial charge in [-0.05, 0) is 37.7 Å². The summed E-state index contributed by atoms with van der Waals surface area (Å²) in [7, 11) is 2.05. The van der Waals surface area contributed by atoms with Crippen molar-refractivity contribution in [2.75, 3.05) is 46.5 Å². The van der Waals surface area contributed by atoms with Gasteiger partial charge in [-0.2, -0.15) is 0 Å². The summed E-state index contributed by atoms with van der Waals surface area (Å²) in [6, 6.07) is 7.46. The van der Waals surface area contributed by atoms with Crippen LogP contribution in [0.2, 0.25) is 0 Å². The third-order valence-corrected chi connectivity index (χ3v) is 3.85. The van der Waals surface area contributed by atoms with E-state index >= 15 is 0 Å². The Morgan fingerprint density at radius 2 is 1.95 bits per heavy atom. The van der Waals surface area contributed by atoms with E-state index in [-0.39, 0.29) is 5.91 Å². The van der Waals surface area contributed by atoms with Crippen LogP contribution in [0, 0.1) is 0 Å². The van der Waals surface area contributed by atoms with Crippen LogP contribution in [0.1, 0.15) is 30.1 Å². The molecule has 0 saturated carbocycles. The second-order valence-corrected chi connectivity index (χ2v) is 5.77. The maximum Gasteiger partial charge on any atom is 0.253 e. The normalized spacial score (nSPS) is 15.1. The molecule has 1 amide bonds. The van der Waals surface area contributed by atoms with Crippen molar-refractivity contribution in [1.82, 2.24) is 15.1 Å². The van der Waals surface area contributed by atoms with Crippen molar-refractivity contribution in [2.45, 2.75) is 19.8 Å². The molecule has 2 rings (SSSR count). The summed E-state index contributed by atoms with van der Waals surface area (Å²) < 4.78 is 5.74. The first kappa shape index (κ1) is 16.8. The van der Waals surface area contributed by atoms with Crippen molar-refractivity contribution in [1.29, 1.82) is 0 Å². The number of benzene rings is 1. The minimum absolute atomic E-state index is 0.105. The number of carbonyl (C=O) groups excluding carboxylic acids is 1. The predicted octanol–water partition coefficient (Wildman–Crippen LogP) is 1.80. The molecule has 5 heteroatoms. The lowest BCUT2D eigenvalue weighted by molar-refractivity contribution is 0.0735. The molecule has 1 aliphatic heterocycles. The van der Waals surface area contributed by atoms with Crippen LogP contribution in [-0.4, -0.2) is 62.2 Å². The molecular formula is C17H27N3O2. The number of unbranched alkanes of at least 4 members (excludes halogenated alkanes) is 1. The van der Waals surface area contributed by atoms with Crippen LogP contribution in [0.25, 0.3) is 0 Å². The monoisotopic (exact) mass is 305 g/mol. The highest BCUT2D eigenvalue weighted by Gasteiger charge is 2.17. The minimum Gasteiger partial charge on any atom is -0.478 e. The molecule has 1 heterocycles. The van der Waals surface area contributed by atoms with E-state index in [1.165, 1.54) is 12.8 Å². The first-order valence-electron chi connectivity index (χ1n) is 8.12. The Morgan fingerprint density at radius 1 is 1.27 bits per heavy atom. The number of amides is 1. The molecule has 0 unspecified atom stereocenters. The topological polar surface area (TPSA) is 44.8 Å². The van der Waals surface area contributed by atoms with Crippen molar-refractivity contribution in [3.05, 3.63) is 29.8 Å². The van der Waals surface area contributed by atoms with E-state index < -0.39 is 0 Å². The minimum atomic E-state index is 0.105. The van der Waals surface area contributed by atoms with Gasteiger partial charge in [-0.25, -0.2) is 0 Å². The lowest BCUT2D eigenvalue weighted by atomic mass is 10.2. The Labute approximate surface area is 133 Å². The zero-order valence-corrected chi connectivity index (χ0v) is 13.7. The lowest BCUT2D eigenvalue weighted by Gasteiger charge is -2.27. The summed E-state index contributed by atoms with van der Waals surface area (Å²) in [5, 5.41) is 3.25. The number of nitrogens with zero attached hydrogens (tertiary/aromatic N) is 2. The molecule has 0 spiro atoms. The quantitative estimate of drug-likeness (QED) is 0.780. The molecule has 0 aliphatic carbocycles. The van der Waals surface area contributed by atoms with Gasteiger partial charge in [0.2, 0.25) is 0 Å². The van der Waals surface area contributed by atoms with Gasteiger partial charge in [0, 0.05) is 38.3 Å². The molecule has 1 saturated heterocycles. The second kappa shape index (κ2) is 8.76. The molecule has 0 bridgehead atoms. The van der Waals surface area contributed by atoms with Crippen LogP contribution in [0.3, 0.4) is 0 Å². The average molecular weight is 305 g/mol. The van der Waals surface area contributed by atoms with Crippen LogP contribution in [-0.2, 0) is 0 Å². The highest BCUT2D eigenvalue weighted by Crippen LogP contribution is 2.14. The lowest BCUT2D eigenvalue weighted by Crippen LogP contribution is -2.46. The van der Waals surface area contributed by atoms with Crippen molar-refractivity contribution < 1.29 is 9.53 Å². The summed E-state index contributed by atoms with van der Waals surface area (Å²) in [5.41, 5.74) is 0.730. The molecule has 0 aromatic heterocycles. The van der Waals surface area contributed by atoms with Gasteiger partial charge in [0.25, 0.3) is 5.91 Å². The SMILES string of the molecule is CCCCN(C)COc1ccc(C(=O)N2CCNCC2)cc1. The van der Waals surface area contributed by atoms with Crippen molar-refractivity contribution >= 4 is 5.91 Å². The van der Waals surface area contributed by atoms with Gasteiger partial charge in [0.15, 0.2) is 0 Å². The van der Waals surface area contributed by atoms with E-state index in [9.17, 15) is 4.79 Å². The van der Waals surface area contributed by atoms with Gasteiger partial charge in [0.1, 0.15) is 12.5 Å². The Balaban J connectivity index is 1.83. The van der Waals surface area contributed by atoms with Gasteiger partial charge in [-0.1, -0.05) is 13.3 Å². The molecule has 0 radical (unpaired) electrons. The summed E-state index contributed by atoms with van der Waals surface area (Å²) in [6.45, 7) is 7.09. The summed E-state index contributed by atoms with van der Waals surface area (Å²) in [6.07, 6.45) is 2.37. The van der Waals surface area contributed by atoms with Crippen LogP contribution < -0.4 is 10.1 Å². The van der Waals surface area contributed by atoms with E-state index in [0.29, 0.717) is 6.73 Å². The van der Waals surface area contributed by atoms with Crippen molar-refractivity contribution in [3.8, 4) is 5.75 Å². The van der Waals surface area contributed by atoms with Crippen molar-refractivity contribution in [3.63, 3.8) is 0 Å². The molecule has 1 aromatic carbocycles. The highest BCUT2D eigenvalue weighted by atomic mass is 16.5. The number of ether oxygens (including phenoxy) is 1. The molecule has 1 fully saturated rings. The Hall–Kier alpha value is -1.59. The molecule has 5 nitrogen and oxygen atoms in total. The first-order valence-corrected chi connectivity index (χ1v) is 8.12. The van der Waals surface area contributed by atoms with E-state index in [4.69, 9.17) is 4.74 Å². The number of hydrogen-bond donors (Lipinski definition) is 1. The van der Waals surface area contributed by atoms with E-state index in [0.717, 1.165) is 44.0 Å². The molecule has 22 heavy (non-hydrogen) atoms. The van der Waals surface area contributed by atoms with E-state index in [1.54, 1.807) is 0 Å². The maximum atomic E-state index is 12.3. The van der Waals surface area contributed by atoms with Gasteiger partial charge >= 0.3 is 0 Å². The largest absolute Gasteiger partial charge is 0.478 e. The van der Waals surface area contributed by atoms with Crippen LogP contribution in [0.15, 0.2) is 24.3 Å². The summed E-state index contributed by atoms with van der Waals surface area (Å²) in [4.78, 5) is 16.4. The van der Waals surface area contributed by atoms with Gasteiger partial charge < -0.3 is 15.0 Å². The smallest absolute Gasteiger partial charge is 0.253 e. The number of piperazine rings is 1. The standard InChI is InChI=1S/C17H27N3O2/c1-3-4-11-19(2)14-22-16-7-5-15(6-8-16)17(21)20-12-9-18-10-13-20/h5-8,18H,3-4,9-14H2,1-2H3. The average Bonchev–Trinajstić information content (AvgIpc) is 2.58. The third-order valence-electron chi connectivity index (χ3n) is 3.85. The fourth-order valence-electron chi connectivity index (χ4n) is 2.42. The van der Waals surface area contributed by atoms with Crippen LogP contribution >= 0.6 is 0 Å². The fourth-order valence-corrected chi connectivity index (χ4v) is 2.42. The maximum absolute atomic E-state index is 12.3. The van der Waals surface area contributed by atoms with Crippen molar-refractivity contribution in [2.24, 2.45) is 0 Å². The zero-order valence-electron chi connectivity index (χ0n) is 13.7. The molecule has 1 N–H and O–H groups in total. The van der Waals surface area contributed by atoms with Crippen LogP contribution in [0.5, 0.6) is 5.75 Å². The molecule has 1 aromatic rings. The number of rotatable bonds is 7. The molecule has 1 aliphatic rings. The van der Waals surface area contributed by atoms with Crippen LogP contribution in [0.4, 0.5) is 0 Å².